The molecule has 1 heterocycles. The molecular formula is C37H47ClN2O6. The van der Waals surface area contributed by atoms with E-state index in [1.807, 2.05) is 13.0 Å². The molecular weight excluding hydrogens is 604 g/mol. The van der Waals surface area contributed by atoms with E-state index in [1.165, 1.54) is 23.1 Å². The molecule has 0 aromatic heterocycles. The van der Waals surface area contributed by atoms with Crippen LogP contribution >= 0.6 is 11.6 Å². The molecule has 6 atom stereocenters. The summed E-state index contributed by atoms with van der Waals surface area (Å²) in [4.78, 5) is 30.4. The lowest BCUT2D eigenvalue weighted by molar-refractivity contribution is -0.168. The van der Waals surface area contributed by atoms with Crippen LogP contribution in [0.2, 0.25) is 5.02 Å². The highest BCUT2D eigenvalue weighted by molar-refractivity contribution is 6.30. The zero-order valence-corrected chi connectivity index (χ0v) is 28.0. The molecule has 1 fully saturated rings. The maximum Gasteiger partial charge on any atom is 0.343 e. The molecule has 2 aromatic carbocycles. The third kappa shape index (κ3) is 6.44. The van der Waals surface area contributed by atoms with Gasteiger partial charge in [-0.05, 0) is 98.2 Å². The zero-order chi connectivity index (χ0) is 33.2. The summed E-state index contributed by atoms with van der Waals surface area (Å²) in [6.45, 7) is 11.2. The van der Waals surface area contributed by atoms with Crippen LogP contribution in [0, 0.1) is 11.8 Å². The fourth-order valence-electron chi connectivity index (χ4n) is 7.55. The Morgan fingerprint density at radius 3 is 2.72 bits per heavy atom. The molecule has 46 heavy (non-hydrogen) atoms. The molecule has 2 aromatic rings. The molecule has 1 amide bonds. The molecule has 0 radical (unpaired) electrons. The molecule has 0 bridgehead atoms. The Morgan fingerprint density at radius 1 is 1.26 bits per heavy atom. The second-order valence-electron chi connectivity index (χ2n) is 13.4. The number of aryl methyl sites for hydroxylation is 1. The van der Waals surface area contributed by atoms with Gasteiger partial charge in [0.1, 0.15) is 5.75 Å². The van der Waals surface area contributed by atoms with Gasteiger partial charge in [-0.25, -0.2) is 4.79 Å². The number of halogens is 1. The number of ether oxygens (including phenoxy) is 2. The number of carbonyl (C=O) groups is 2. The topological polar surface area (TPSA) is 99.5 Å². The molecule has 8 nitrogen and oxygen atoms in total. The largest absolute Gasteiger partial charge is 0.490 e. The van der Waals surface area contributed by atoms with Crippen molar-refractivity contribution in [3.8, 4) is 5.75 Å². The second kappa shape index (κ2) is 13.8. The highest BCUT2D eigenvalue weighted by Gasteiger charge is 2.46. The lowest BCUT2D eigenvalue weighted by Crippen LogP contribution is -2.49. The van der Waals surface area contributed by atoms with E-state index in [4.69, 9.17) is 21.1 Å². The number of aliphatic hydroxyl groups excluding tert-OH is 1. The van der Waals surface area contributed by atoms with Crippen molar-refractivity contribution in [2.75, 3.05) is 38.8 Å². The van der Waals surface area contributed by atoms with E-state index in [1.54, 1.807) is 37.4 Å². The Labute approximate surface area is 277 Å². The number of amides is 1. The monoisotopic (exact) mass is 650 g/mol. The minimum absolute atomic E-state index is 0.0967. The Morgan fingerprint density at radius 2 is 2.04 bits per heavy atom. The summed E-state index contributed by atoms with van der Waals surface area (Å²) >= 11 is 6.41. The van der Waals surface area contributed by atoms with E-state index >= 15 is 0 Å². The number of hydrogen-bond acceptors (Lipinski definition) is 7. The van der Waals surface area contributed by atoms with Gasteiger partial charge in [0.15, 0.2) is 5.60 Å². The van der Waals surface area contributed by atoms with Gasteiger partial charge >= 0.3 is 5.97 Å². The summed E-state index contributed by atoms with van der Waals surface area (Å²) in [5.41, 5.74) is 0.916. The summed E-state index contributed by atoms with van der Waals surface area (Å²) < 4.78 is 11.7. The lowest BCUT2D eigenvalue weighted by atomic mass is 9.68. The van der Waals surface area contributed by atoms with Crippen LogP contribution in [-0.2, 0) is 31.8 Å². The van der Waals surface area contributed by atoms with Crippen LogP contribution in [-0.4, -0.2) is 73.0 Å². The van der Waals surface area contributed by atoms with Crippen molar-refractivity contribution in [2.45, 2.75) is 75.0 Å². The van der Waals surface area contributed by atoms with Crippen molar-refractivity contribution in [1.82, 2.24) is 4.90 Å². The number of nitrogens with zero attached hydrogens (tertiary/aromatic N) is 2. The van der Waals surface area contributed by atoms with Crippen molar-refractivity contribution in [1.29, 1.82) is 0 Å². The maximum absolute atomic E-state index is 13.4. The van der Waals surface area contributed by atoms with E-state index in [0.717, 1.165) is 37.8 Å². The normalized spacial score (nSPS) is 24.5. The van der Waals surface area contributed by atoms with Crippen molar-refractivity contribution < 1.29 is 29.3 Å². The Balaban J connectivity index is 1.56. The third-order valence-electron chi connectivity index (χ3n) is 10.6. The predicted octanol–water partition coefficient (Wildman–Crippen LogP) is 5.56. The fraction of sp³-hybridized carbons (Fsp3) is 0.514. The number of benzene rings is 2. The molecule has 1 spiro atoms. The van der Waals surface area contributed by atoms with Gasteiger partial charge in [-0.15, -0.1) is 13.2 Å². The van der Waals surface area contributed by atoms with Gasteiger partial charge in [0, 0.05) is 36.6 Å². The summed E-state index contributed by atoms with van der Waals surface area (Å²) in [6, 6.07) is 11.2. The molecule has 5 rings (SSSR count). The van der Waals surface area contributed by atoms with E-state index in [-0.39, 0.29) is 28.9 Å². The Kier molecular flexibility index (Phi) is 10.2. The smallest absolute Gasteiger partial charge is 0.343 e. The number of esters is 1. The third-order valence-corrected chi connectivity index (χ3v) is 10.9. The second-order valence-corrected chi connectivity index (χ2v) is 13.9. The van der Waals surface area contributed by atoms with Crippen LogP contribution in [0.5, 0.6) is 5.75 Å². The van der Waals surface area contributed by atoms with Gasteiger partial charge < -0.3 is 29.5 Å². The fourth-order valence-corrected chi connectivity index (χ4v) is 7.74. The number of anilines is 1. The molecule has 3 aliphatic rings. The van der Waals surface area contributed by atoms with Gasteiger partial charge in [-0.2, -0.15) is 0 Å². The van der Waals surface area contributed by atoms with Gasteiger partial charge in [-0.1, -0.05) is 35.9 Å². The highest BCUT2D eigenvalue weighted by Crippen LogP contribution is 2.47. The van der Waals surface area contributed by atoms with E-state index < -0.39 is 30.0 Å². The van der Waals surface area contributed by atoms with Crippen molar-refractivity contribution in [3.63, 3.8) is 0 Å². The zero-order valence-electron chi connectivity index (χ0n) is 27.2. The molecule has 2 aliphatic carbocycles. The van der Waals surface area contributed by atoms with E-state index in [9.17, 15) is 19.8 Å². The van der Waals surface area contributed by atoms with Gasteiger partial charge in [-0.3, -0.25) is 4.79 Å². The SMILES string of the molecule is C=CC[C@H](C)N(C)C(=O)CC(O)(C(=O)OC)c1ccc2c(c1)N(C[C@@H]1CC[C@H]1[C@@H](O)C=C)C[C@@]1(CCCc3cc(Cl)ccc31)CO2. The number of fused-ring (bicyclic) bond motifs is 3. The summed E-state index contributed by atoms with van der Waals surface area (Å²) in [6.07, 6.45) is 7.61. The molecule has 1 unspecified atom stereocenters. The van der Waals surface area contributed by atoms with Crippen LogP contribution in [0.4, 0.5) is 5.69 Å². The molecule has 0 saturated heterocycles. The molecule has 248 valence electrons. The number of rotatable bonds is 11. The Bertz CT molecular complexity index is 1480. The summed E-state index contributed by atoms with van der Waals surface area (Å²) in [5, 5.41) is 23.3. The van der Waals surface area contributed by atoms with Crippen LogP contribution in [0.15, 0.2) is 61.7 Å². The summed E-state index contributed by atoms with van der Waals surface area (Å²) in [7, 11) is 2.86. The van der Waals surface area contributed by atoms with Crippen molar-refractivity contribution >= 4 is 29.2 Å². The van der Waals surface area contributed by atoms with Gasteiger partial charge in [0.2, 0.25) is 5.91 Å². The van der Waals surface area contributed by atoms with E-state index in [0.29, 0.717) is 36.9 Å². The molecule has 2 N–H and O–H groups in total. The number of aliphatic hydroxyl groups is 2. The quantitative estimate of drug-likeness (QED) is 0.243. The van der Waals surface area contributed by atoms with Gasteiger partial charge in [0.05, 0.1) is 31.9 Å². The molecule has 9 heteroatoms. The van der Waals surface area contributed by atoms with E-state index in [2.05, 4.69) is 30.2 Å². The maximum atomic E-state index is 13.4. The Hall–Kier alpha value is -3.33. The van der Waals surface area contributed by atoms with Crippen LogP contribution in [0.25, 0.3) is 0 Å². The minimum atomic E-state index is -2.22. The summed E-state index contributed by atoms with van der Waals surface area (Å²) in [5.74, 6) is -0.350. The lowest BCUT2D eigenvalue weighted by Gasteiger charge is -2.45. The average Bonchev–Trinajstić information content (AvgIpc) is 3.18. The van der Waals surface area contributed by atoms with Crippen LogP contribution in [0.3, 0.4) is 0 Å². The number of methoxy groups -OCH3 is 1. The molecule has 1 saturated carbocycles. The average molecular weight is 651 g/mol. The van der Waals surface area contributed by atoms with Crippen LogP contribution < -0.4 is 9.64 Å². The standard InChI is InChI=1S/C37H47ClN2O6/c1-6-9-24(3)39(4)34(42)20-37(44,35(43)45-5)27-12-16-33-31(19-27)40(21-26-11-14-29(26)32(41)7-2)22-36(23-46-33)17-8-10-25-18-28(38)13-15-30(25)36/h6-7,12-13,15-16,18-19,24,26,29,32,41,44H,1-2,8-11,14,17,20-23H2,3-5H3/t24-,26-,29+,32-,36-,37?/m0/s1. The van der Waals surface area contributed by atoms with Gasteiger partial charge in [0.25, 0.3) is 0 Å². The first-order chi connectivity index (χ1) is 22.0. The number of hydrogen-bond donors (Lipinski definition) is 2. The van der Waals surface area contributed by atoms with Crippen LogP contribution in [0.1, 0.15) is 62.1 Å². The highest BCUT2D eigenvalue weighted by atomic mass is 35.5. The first-order valence-electron chi connectivity index (χ1n) is 16.3. The van der Waals surface area contributed by atoms with Crippen molar-refractivity contribution in [2.24, 2.45) is 11.8 Å². The minimum Gasteiger partial charge on any atom is -0.490 e. The first-order valence-corrected chi connectivity index (χ1v) is 16.6. The van der Waals surface area contributed by atoms with Crippen molar-refractivity contribution in [3.05, 3.63) is 83.4 Å². The molecule has 1 aliphatic heterocycles. The first kappa shape index (κ1) is 34.0. The number of carbonyl (C=O) groups excluding carboxylic acids is 2. The predicted molar refractivity (Wildman–Crippen MR) is 180 cm³/mol.